The Balaban J connectivity index is 0.00000113. The van der Waals surface area contributed by atoms with Gasteiger partial charge < -0.3 is 20.9 Å². The van der Waals surface area contributed by atoms with Gasteiger partial charge in [0.05, 0.1) is 12.7 Å². The number of carboxylic acid groups (broad SMARTS) is 1. The van der Waals surface area contributed by atoms with Crippen LogP contribution in [0.4, 0.5) is 24.8 Å². The second-order valence-electron chi connectivity index (χ2n) is 10.2. The molecule has 218 valence electrons. The first-order valence-electron chi connectivity index (χ1n) is 12.9. The van der Waals surface area contributed by atoms with Crippen molar-refractivity contribution >= 4 is 29.5 Å². The van der Waals surface area contributed by atoms with Gasteiger partial charge in [-0.3, -0.25) is 14.0 Å². The zero-order valence-corrected chi connectivity index (χ0v) is 22.7. The molecular formula is C29H27F3N6O4. The van der Waals surface area contributed by atoms with E-state index in [1.807, 2.05) is 10.6 Å². The number of nitrogens with two attached hydrogens (primary N) is 1. The fourth-order valence-corrected chi connectivity index (χ4v) is 5.63. The Hall–Kier alpha value is -4.94. The van der Waals surface area contributed by atoms with Crippen LogP contribution in [0.3, 0.4) is 0 Å². The number of imidazole rings is 1. The van der Waals surface area contributed by atoms with E-state index in [1.54, 1.807) is 18.3 Å². The Bertz CT molecular complexity index is 1720. The number of fused-ring (bicyclic) bond motifs is 3. The molecule has 3 heterocycles. The highest BCUT2D eigenvalue weighted by atomic mass is 19.4. The molecule has 0 radical (unpaired) electrons. The molecule has 1 amide bonds. The second-order valence-corrected chi connectivity index (χ2v) is 10.2. The fourth-order valence-electron chi connectivity index (χ4n) is 5.63. The zero-order chi connectivity index (χ0) is 30.2. The Morgan fingerprint density at radius 1 is 1.19 bits per heavy atom. The molecule has 4 aromatic rings. The van der Waals surface area contributed by atoms with Gasteiger partial charge in [-0.2, -0.15) is 13.2 Å². The van der Waals surface area contributed by atoms with Crippen LogP contribution < -0.4 is 15.8 Å². The van der Waals surface area contributed by atoms with Crippen LogP contribution in [0, 0.1) is 0 Å². The molecule has 0 unspecified atom stereocenters. The van der Waals surface area contributed by atoms with E-state index in [0.29, 0.717) is 28.3 Å². The lowest BCUT2D eigenvalue weighted by Crippen LogP contribution is -2.41. The van der Waals surface area contributed by atoms with Crippen molar-refractivity contribution in [1.29, 1.82) is 0 Å². The van der Waals surface area contributed by atoms with Gasteiger partial charge in [0.15, 0.2) is 0 Å². The summed E-state index contributed by atoms with van der Waals surface area (Å²) in [5, 5.41) is 9.31. The number of methoxy groups -OCH3 is 1. The third-order valence-electron chi connectivity index (χ3n) is 7.79. The Kier molecular flexibility index (Phi) is 7.35. The molecule has 0 atom stereocenters. The van der Waals surface area contributed by atoms with Crippen molar-refractivity contribution in [3.05, 3.63) is 77.0 Å². The van der Waals surface area contributed by atoms with Crippen LogP contribution in [0.2, 0.25) is 0 Å². The average molecular weight is 581 g/mol. The number of benzene rings is 1. The number of amides is 1. The summed E-state index contributed by atoms with van der Waals surface area (Å²) in [6.07, 6.45) is 3.95. The summed E-state index contributed by atoms with van der Waals surface area (Å²) in [5.74, 6) is 0.771. The van der Waals surface area contributed by atoms with Gasteiger partial charge in [-0.15, -0.1) is 0 Å². The van der Waals surface area contributed by atoms with Crippen LogP contribution in [0.25, 0.3) is 16.8 Å². The third-order valence-corrected chi connectivity index (χ3v) is 7.79. The highest BCUT2D eigenvalue weighted by Crippen LogP contribution is 2.56. The molecule has 0 aliphatic heterocycles. The van der Waals surface area contributed by atoms with Gasteiger partial charge in [-0.25, -0.2) is 15.0 Å². The van der Waals surface area contributed by atoms with Crippen molar-refractivity contribution in [2.24, 2.45) is 0 Å². The number of carbonyl (C=O) groups excluding carboxylic acids is 1. The van der Waals surface area contributed by atoms with Crippen LogP contribution in [0.5, 0.6) is 5.75 Å². The number of ether oxygens (including phenoxy) is 1. The predicted molar refractivity (Wildman–Crippen MR) is 148 cm³/mol. The van der Waals surface area contributed by atoms with Crippen molar-refractivity contribution in [2.75, 3.05) is 18.2 Å². The molecule has 10 nitrogen and oxygen atoms in total. The van der Waals surface area contributed by atoms with Crippen LogP contribution >= 0.6 is 0 Å². The topological polar surface area (TPSA) is 145 Å². The molecule has 3 aliphatic rings. The quantitative estimate of drug-likeness (QED) is 0.207. The molecule has 3 aliphatic carbocycles. The number of hydrogen-bond acceptors (Lipinski definition) is 7. The summed E-state index contributed by atoms with van der Waals surface area (Å²) in [5.41, 5.74) is 10.4. The van der Waals surface area contributed by atoms with E-state index >= 15 is 0 Å². The predicted octanol–water partition coefficient (Wildman–Crippen LogP) is 5.50. The van der Waals surface area contributed by atoms with Gasteiger partial charge in [0, 0.05) is 35.1 Å². The van der Waals surface area contributed by atoms with Gasteiger partial charge in [0.1, 0.15) is 34.4 Å². The van der Waals surface area contributed by atoms with Crippen LogP contribution in [-0.4, -0.2) is 43.9 Å². The number of anilines is 2. The second kappa shape index (κ2) is 10.8. The number of nitrogens with zero attached hydrogens (tertiary/aromatic N) is 4. The van der Waals surface area contributed by atoms with E-state index < -0.39 is 17.6 Å². The van der Waals surface area contributed by atoms with E-state index in [2.05, 4.69) is 22.2 Å². The third kappa shape index (κ3) is 5.01. The molecule has 3 aromatic heterocycles. The molecule has 1 saturated carbocycles. The van der Waals surface area contributed by atoms with Gasteiger partial charge in [0.25, 0.3) is 12.4 Å². The number of aromatic nitrogens is 4. The molecule has 1 aromatic carbocycles. The average Bonchev–Trinajstić information content (AvgIpc) is 3.34. The number of nitrogen functional groups attached to an aromatic ring is 1. The zero-order valence-electron chi connectivity index (χ0n) is 22.7. The first-order valence-corrected chi connectivity index (χ1v) is 12.9. The number of carbonyl (C=O) groups is 2. The fraction of sp³-hybridized carbons (Fsp3) is 0.276. The first kappa shape index (κ1) is 28.6. The molecule has 7 rings (SSSR count). The number of nitrogens with one attached hydrogen (secondary N) is 1. The smallest absolute Gasteiger partial charge is 0.416 e. The lowest BCUT2D eigenvalue weighted by molar-refractivity contribution is -0.137. The molecule has 2 bridgehead atoms. The largest absolute Gasteiger partial charge is 0.496 e. The minimum atomic E-state index is -4.55. The van der Waals surface area contributed by atoms with Crippen LogP contribution in [0.1, 0.15) is 54.4 Å². The lowest BCUT2D eigenvalue weighted by atomic mass is 9.57. The van der Waals surface area contributed by atoms with E-state index in [0.717, 1.165) is 49.8 Å². The summed E-state index contributed by atoms with van der Waals surface area (Å²) in [4.78, 5) is 34.5. The molecule has 42 heavy (non-hydrogen) atoms. The van der Waals surface area contributed by atoms with E-state index in [1.165, 1.54) is 24.3 Å². The number of rotatable bonds is 5. The number of pyridine rings is 1. The van der Waals surface area contributed by atoms with Gasteiger partial charge in [0.2, 0.25) is 0 Å². The van der Waals surface area contributed by atoms with Crippen molar-refractivity contribution in [1.82, 2.24) is 19.4 Å². The maximum atomic E-state index is 13.1. The summed E-state index contributed by atoms with van der Waals surface area (Å²) in [6.45, 7) is 1.95. The van der Waals surface area contributed by atoms with E-state index in [-0.39, 0.29) is 23.3 Å². The number of halogens is 3. The molecular weight excluding hydrogens is 553 g/mol. The van der Waals surface area contributed by atoms with Crippen molar-refractivity contribution in [2.45, 2.75) is 44.2 Å². The van der Waals surface area contributed by atoms with Crippen molar-refractivity contribution in [3.63, 3.8) is 0 Å². The Labute approximate surface area is 238 Å². The molecule has 13 heteroatoms. The molecule has 1 fully saturated rings. The van der Waals surface area contributed by atoms with Crippen LogP contribution in [0.15, 0.2) is 60.1 Å². The Morgan fingerprint density at radius 2 is 1.93 bits per heavy atom. The van der Waals surface area contributed by atoms with Crippen molar-refractivity contribution < 1.29 is 32.6 Å². The standard InChI is InChI=1S/C28H25F3N6O2.CH2O2/c1-15-5-7-27(13-17(15)14-27)26-36-22(23-24(32)34-9-10-37(23)26)19-4-3-16(11-20(19)39-2)25(38)35-21-12-18(6-8-33-21)28(29,30)31;2-1-3/h3-4,6,8-12H,5,7,13-14H2,1-2H3,(H2,32,34)(H,33,35,38);1H,(H,2,3). The molecule has 0 saturated heterocycles. The maximum absolute atomic E-state index is 13.1. The number of alkyl halides is 3. The summed E-state index contributed by atoms with van der Waals surface area (Å²) < 4.78 is 46.8. The molecule has 4 N–H and O–H groups in total. The maximum Gasteiger partial charge on any atom is 0.416 e. The minimum Gasteiger partial charge on any atom is -0.496 e. The summed E-state index contributed by atoms with van der Waals surface area (Å²) in [6, 6.07) is 6.39. The van der Waals surface area contributed by atoms with Gasteiger partial charge in [-0.05, 0) is 62.9 Å². The van der Waals surface area contributed by atoms with E-state index in [4.69, 9.17) is 25.4 Å². The highest BCUT2D eigenvalue weighted by molar-refractivity contribution is 6.04. The van der Waals surface area contributed by atoms with Crippen molar-refractivity contribution in [3.8, 4) is 17.0 Å². The molecule has 0 spiro atoms. The van der Waals surface area contributed by atoms with E-state index in [9.17, 15) is 18.0 Å². The van der Waals surface area contributed by atoms with Crippen LogP contribution in [-0.2, 0) is 16.4 Å². The minimum absolute atomic E-state index is 0.0607. The summed E-state index contributed by atoms with van der Waals surface area (Å²) in [7, 11) is 1.47. The normalized spacial score (nSPS) is 15.4. The SMILES string of the molecule is COc1cc(C(=O)Nc2cc(C(F)(F)F)ccn2)ccc1-c1nc(C23CCC(C)=C(C2)C3)n2ccnc(N)c12.O=CO. The lowest BCUT2D eigenvalue weighted by Gasteiger charge is -2.48. The highest BCUT2D eigenvalue weighted by Gasteiger charge is 2.48. The van der Waals surface area contributed by atoms with Gasteiger partial charge >= 0.3 is 6.18 Å². The monoisotopic (exact) mass is 580 g/mol. The number of allylic oxidation sites excluding steroid dienone is 2. The number of hydrogen-bond donors (Lipinski definition) is 3. The Morgan fingerprint density at radius 3 is 2.57 bits per heavy atom. The van der Waals surface area contributed by atoms with Gasteiger partial charge in [-0.1, -0.05) is 11.1 Å². The first-order chi connectivity index (χ1) is 20.0. The summed E-state index contributed by atoms with van der Waals surface area (Å²) >= 11 is 0.